The molecule has 0 radical (unpaired) electrons. The maximum atomic E-state index is 15.3. The largest absolute Gasteiger partial charge is 0.493 e. The van der Waals surface area contributed by atoms with E-state index in [1.807, 2.05) is 43.0 Å². The van der Waals surface area contributed by atoms with Crippen LogP contribution in [0.2, 0.25) is 0 Å². The van der Waals surface area contributed by atoms with E-state index in [0.717, 1.165) is 28.6 Å². The van der Waals surface area contributed by atoms with Gasteiger partial charge in [-0.15, -0.1) is 0 Å². The van der Waals surface area contributed by atoms with Gasteiger partial charge in [-0.3, -0.25) is 4.90 Å². The van der Waals surface area contributed by atoms with Crippen molar-refractivity contribution in [2.75, 3.05) is 13.2 Å². The van der Waals surface area contributed by atoms with E-state index in [1.165, 1.54) is 19.1 Å². The van der Waals surface area contributed by atoms with E-state index < -0.39 is 23.8 Å². The number of rotatable bonds is 6. The topological polar surface area (TPSA) is 28.3 Å². The summed E-state index contributed by atoms with van der Waals surface area (Å²) < 4.78 is 50.0. The number of hydrogen-bond donors (Lipinski definition) is 1. The number of alkyl halides is 1. The molecule has 1 aromatic heterocycles. The van der Waals surface area contributed by atoms with E-state index in [2.05, 4.69) is 4.98 Å². The minimum Gasteiger partial charge on any atom is -0.493 e. The Morgan fingerprint density at radius 2 is 1.90 bits per heavy atom. The summed E-state index contributed by atoms with van der Waals surface area (Å²) in [6.07, 6.45) is 0.300. The normalized spacial score (nSPS) is 20.3. The lowest BCUT2D eigenvalue weighted by Gasteiger charge is -2.41. The number of para-hydroxylation sites is 1. The third kappa shape index (κ3) is 3.69. The highest BCUT2D eigenvalue weighted by Crippen LogP contribution is 2.43. The number of hydrogen-bond acceptors (Lipinski definition) is 2. The van der Waals surface area contributed by atoms with E-state index >= 15 is 8.78 Å². The van der Waals surface area contributed by atoms with Gasteiger partial charge in [0.25, 0.3) is 0 Å². The zero-order valence-corrected chi connectivity index (χ0v) is 17.5. The highest BCUT2D eigenvalue weighted by atomic mass is 19.1. The van der Waals surface area contributed by atoms with Gasteiger partial charge in [0.1, 0.15) is 23.6 Å². The van der Waals surface area contributed by atoms with Crippen molar-refractivity contribution in [2.24, 2.45) is 0 Å². The molecule has 6 heteroatoms. The van der Waals surface area contributed by atoms with Crippen molar-refractivity contribution in [3.63, 3.8) is 0 Å². The molecule has 0 aliphatic carbocycles. The summed E-state index contributed by atoms with van der Waals surface area (Å²) in [6, 6.07) is 9.48. The molecule has 3 aromatic rings. The lowest BCUT2D eigenvalue weighted by atomic mass is 9.88. The fourth-order valence-electron chi connectivity index (χ4n) is 4.52. The molecule has 1 aliphatic rings. The number of ether oxygens (including phenoxy) is 1. The molecule has 1 unspecified atom stereocenters. The molecule has 3 nitrogen and oxygen atoms in total. The van der Waals surface area contributed by atoms with Crippen LogP contribution in [0.3, 0.4) is 0 Å². The molecular weight excluding hydrogens is 389 g/mol. The second-order valence-corrected chi connectivity index (χ2v) is 8.15. The Hall–Kier alpha value is -2.47. The molecule has 3 atom stereocenters. The first kappa shape index (κ1) is 20.8. The molecule has 0 saturated carbocycles. The monoisotopic (exact) mass is 416 g/mol. The summed E-state index contributed by atoms with van der Waals surface area (Å²) in [7, 11) is 0. The van der Waals surface area contributed by atoms with Crippen molar-refractivity contribution in [3.05, 3.63) is 64.9 Å². The highest BCUT2D eigenvalue weighted by molar-refractivity contribution is 5.85. The number of nitrogens with one attached hydrogen (secondary N) is 1. The second kappa shape index (κ2) is 8.34. The predicted octanol–water partition coefficient (Wildman–Crippen LogP) is 5.93. The van der Waals surface area contributed by atoms with Gasteiger partial charge in [0.05, 0.1) is 12.6 Å². The zero-order valence-electron chi connectivity index (χ0n) is 17.5. The summed E-state index contributed by atoms with van der Waals surface area (Å²) >= 11 is 0. The number of halogens is 3. The van der Waals surface area contributed by atoms with Gasteiger partial charge in [-0.05, 0) is 38.3 Å². The molecule has 0 saturated heterocycles. The number of benzene rings is 2. The smallest absolute Gasteiger partial charge is 0.135 e. The number of aromatic amines is 1. The Labute approximate surface area is 174 Å². The number of nitrogens with zero attached hydrogens (tertiary/aromatic N) is 1. The summed E-state index contributed by atoms with van der Waals surface area (Å²) in [6.45, 7) is 5.86. The van der Waals surface area contributed by atoms with Crippen molar-refractivity contribution in [1.29, 1.82) is 0 Å². The van der Waals surface area contributed by atoms with Crippen molar-refractivity contribution >= 4 is 10.9 Å². The fraction of sp³-hybridized carbons (Fsp3) is 0.417. The number of fused-ring (bicyclic) bond motifs is 3. The fourth-order valence-corrected chi connectivity index (χ4v) is 4.52. The van der Waals surface area contributed by atoms with E-state index in [-0.39, 0.29) is 23.9 Å². The van der Waals surface area contributed by atoms with Crippen LogP contribution < -0.4 is 4.74 Å². The van der Waals surface area contributed by atoms with E-state index in [9.17, 15) is 4.39 Å². The van der Waals surface area contributed by atoms with Gasteiger partial charge >= 0.3 is 0 Å². The molecule has 30 heavy (non-hydrogen) atoms. The van der Waals surface area contributed by atoms with Gasteiger partial charge < -0.3 is 9.72 Å². The Bertz CT molecular complexity index is 1020. The van der Waals surface area contributed by atoms with Gasteiger partial charge in [0.2, 0.25) is 0 Å². The van der Waals surface area contributed by atoms with Crippen LogP contribution in [-0.4, -0.2) is 35.2 Å². The van der Waals surface area contributed by atoms with Crippen molar-refractivity contribution in [1.82, 2.24) is 9.88 Å². The van der Waals surface area contributed by atoms with Crippen LogP contribution in [0.5, 0.6) is 5.75 Å². The summed E-state index contributed by atoms with van der Waals surface area (Å²) in [5, 5.41) is 1.04. The third-order valence-corrected chi connectivity index (χ3v) is 5.78. The van der Waals surface area contributed by atoms with Crippen LogP contribution in [0.1, 0.15) is 50.1 Å². The van der Waals surface area contributed by atoms with Crippen molar-refractivity contribution < 1.29 is 17.9 Å². The van der Waals surface area contributed by atoms with Gasteiger partial charge in [-0.1, -0.05) is 25.1 Å². The Morgan fingerprint density at radius 3 is 2.57 bits per heavy atom. The van der Waals surface area contributed by atoms with Crippen LogP contribution in [0.15, 0.2) is 36.4 Å². The summed E-state index contributed by atoms with van der Waals surface area (Å²) in [5.41, 5.74) is 2.61. The second-order valence-electron chi connectivity index (χ2n) is 8.15. The molecule has 0 fully saturated rings. The standard InChI is InChI=1S/C24H27F3N2O/c1-4-9-30-16-11-19(26)22(20(27)12-16)24-23-18(10-15(3)29(24)13-14(2)25)17-7-5-6-8-21(17)28-23/h5-8,11-12,14-15,24,28H,4,9-10,13H2,1-3H3/t14?,15-,24+/m1/s1. The maximum Gasteiger partial charge on any atom is 0.135 e. The first-order chi connectivity index (χ1) is 14.4. The molecule has 0 spiro atoms. The Morgan fingerprint density at radius 1 is 1.20 bits per heavy atom. The van der Waals surface area contributed by atoms with Crippen molar-refractivity contribution in [2.45, 2.75) is 51.9 Å². The molecule has 0 bridgehead atoms. The van der Waals surface area contributed by atoms with Gasteiger partial charge in [-0.2, -0.15) is 0 Å². The molecular formula is C24H27F3N2O. The lowest BCUT2D eigenvalue weighted by Crippen LogP contribution is -2.45. The molecule has 0 amide bonds. The van der Waals surface area contributed by atoms with E-state index in [0.29, 0.717) is 13.0 Å². The lowest BCUT2D eigenvalue weighted by molar-refractivity contribution is 0.108. The molecule has 2 aromatic carbocycles. The Kier molecular flexibility index (Phi) is 5.78. The zero-order chi connectivity index (χ0) is 21.4. The average molecular weight is 416 g/mol. The molecule has 4 rings (SSSR count). The Balaban J connectivity index is 1.89. The SMILES string of the molecule is CCCOc1cc(F)c([C@H]2c3[nH]c4ccccc4c3C[C@@H](C)N2CC(C)F)c(F)c1. The molecule has 1 aliphatic heterocycles. The summed E-state index contributed by atoms with van der Waals surface area (Å²) in [4.78, 5) is 5.22. The van der Waals surface area contributed by atoms with Gasteiger partial charge in [0, 0.05) is 46.9 Å². The quantitative estimate of drug-likeness (QED) is 0.540. The van der Waals surface area contributed by atoms with Crippen molar-refractivity contribution in [3.8, 4) is 5.75 Å². The van der Waals surface area contributed by atoms with Crippen LogP contribution in [0.25, 0.3) is 10.9 Å². The minimum absolute atomic E-state index is 0.0705. The number of aromatic nitrogens is 1. The molecule has 1 N–H and O–H groups in total. The van der Waals surface area contributed by atoms with Gasteiger partial charge in [-0.25, -0.2) is 13.2 Å². The summed E-state index contributed by atoms with van der Waals surface area (Å²) in [5.74, 6) is -1.19. The average Bonchev–Trinajstić information content (AvgIpc) is 3.06. The number of H-pyrrole nitrogens is 1. The molecule has 160 valence electrons. The highest BCUT2D eigenvalue weighted by Gasteiger charge is 2.39. The van der Waals surface area contributed by atoms with Crippen LogP contribution in [-0.2, 0) is 6.42 Å². The maximum absolute atomic E-state index is 15.3. The van der Waals surface area contributed by atoms with E-state index in [1.54, 1.807) is 0 Å². The van der Waals surface area contributed by atoms with Crippen LogP contribution in [0.4, 0.5) is 13.2 Å². The first-order valence-electron chi connectivity index (χ1n) is 10.5. The van der Waals surface area contributed by atoms with E-state index in [4.69, 9.17) is 4.74 Å². The molecule has 2 heterocycles. The van der Waals surface area contributed by atoms with Gasteiger partial charge in [0.15, 0.2) is 0 Å². The predicted molar refractivity (Wildman–Crippen MR) is 113 cm³/mol. The van der Waals surface area contributed by atoms with Crippen LogP contribution >= 0.6 is 0 Å². The minimum atomic E-state index is -1.13. The first-order valence-corrected chi connectivity index (χ1v) is 10.5. The third-order valence-electron chi connectivity index (χ3n) is 5.78. The van der Waals surface area contributed by atoms with Crippen LogP contribution in [0, 0.1) is 11.6 Å².